The molecule has 0 unspecified atom stereocenters. The van der Waals surface area contributed by atoms with Crippen LogP contribution in [0.15, 0.2) is 0 Å². The third-order valence-corrected chi connectivity index (χ3v) is 1.97. The molecule has 1 aliphatic heterocycles. The Labute approximate surface area is 63.9 Å². The number of aromatic amines is 1. The zero-order chi connectivity index (χ0) is 7.84. The maximum atomic E-state index is 9.22. The van der Waals surface area contributed by atoms with Crippen molar-refractivity contribution >= 4 is 5.69 Å². The van der Waals surface area contributed by atoms with Crippen molar-refractivity contribution in [3.63, 3.8) is 0 Å². The number of rotatable bonds is 0. The van der Waals surface area contributed by atoms with Crippen LogP contribution in [0, 0.1) is 0 Å². The molecule has 0 bridgehead atoms. The first-order chi connectivity index (χ1) is 5.29. The number of H-pyrrole nitrogens is 1. The predicted molar refractivity (Wildman–Crippen MR) is 40.9 cm³/mol. The Balaban J connectivity index is 2.52. The van der Waals surface area contributed by atoms with Crippen molar-refractivity contribution in [2.75, 3.05) is 11.9 Å². The standard InChI is InChI=1S/C7H10N2O2/c10-6-4-2-1-3-8-5(4)7(11)9-6/h8-11H,1-3H2. The molecule has 2 rings (SSSR count). The average Bonchev–Trinajstić information content (AvgIpc) is 2.30. The quantitative estimate of drug-likeness (QED) is 0.446. The number of hydrogen-bond acceptors (Lipinski definition) is 3. The minimum Gasteiger partial charge on any atom is -0.494 e. The van der Waals surface area contributed by atoms with Gasteiger partial charge in [0.15, 0.2) is 5.88 Å². The van der Waals surface area contributed by atoms with Crippen molar-refractivity contribution in [2.45, 2.75) is 12.8 Å². The highest BCUT2D eigenvalue weighted by molar-refractivity contribution is 5.65. The Hall–Kier alpha value is -1.32. The molecule has 0 spiro atoms. The number of anilines is 1. The topological polar surface area (TPSA) is 68.3 Å². The van der Waals surface area contributed by atoms with E-state index in [-0.39, 0.29) is 11.8 Å². The highest BCUT2D eigenvalue weighted by atomic mass is 16.3. The van der Waals surface area contributed by atoms with Crippen LogP contribution in [0.1, 0.15) is 12.0 Å². The summed E-state index contributed by atoms with van der Waals surface area (Å²) < 4.78 is 0. The van der Waals surface area contributed by atoms with E-state index in [0.29, 0.717) is 5.69 Å². The highest BCUT2D eigenvalue weighted by Gasteiger charge is 2.18. The van der Waals surface area contributed by atoms with E-state index in [4.69, 9.17) is 0 Å². The van der Waals surface area contributed by atoms with Gasteiger partial charge in [0.25, 0.3) is 0 Å². The summed E-state index contributed by atoms with van der Waals surface area (Å²) in [5, 5.41) is 21.4. The minimum absolute atomic E-state index is 0.0391. The number of aromatic hydroxyl groups is 2. The van der Waals surface area contributed by atoms with E-state index in [9.17, 15) is 10.2 Å². The van der Waals surface area contributed by atoms with Crippen LogP contribution in [0.5, 0.6) is 11.8 Å². The number of hydrogen-bond donors (Lipinski definition) is 4. The lowest BCUT2D eigenvalue weighted by molar-refractivity contribution is 0.424. The van der Waals surface area contributed by atoms with Crippen LogP contribution in [0.2, 0.25) is 0 Å². The molecule has 60 valence electrons. The summed E-state index contributed by atoms with van der Waals surface area (Å²) in [6.45, 7) is 0.859. The number of fused-ring (bicyclic) bond motifs is 1. The van der Waals surface area contributed by atoms with E-state index in [0.717, 1.165) is 24.9 Å². The van der Waals surface area contributed by atoms with Crippen molar-refractivity contribution in [3.05, 3.63) is 5.56 Å². The zero-order valence-electron chi connectivity index (χ0n) is 6.02. The molecular formula is C7H10N2O2. The van der Waals surface area contributed by atoms with Gasteiger partial charge in [-0.1, -0.05) is 0 Å². The van der Waals surface area contributed by atoms with Crippen LogP contribution in [-0.2, 0) is 6.42 Å². The SMILES string of the molecule is Oc1[nH]c(O)c2c1CCCN2. The first-order valence-electron chi connectivity index (χ1n) is 3.65. The van der Waals surface area contributed by atoms with Gasteiger partial charge in [-0.15, -0.1) is 0 Å². The van der Waals surface area contributed by atoms with Gasteiger partial charge < -0.3 is 15.5 Å². The summed E-state index contributed by atoms with van der Waals surface area (Å²) in [4.78, 5) is 2.47. The molecule has 1 aromatic heterocycles. The van der Waals surface area contributed by atoms with Crippen LogP contribution < -0.4 is 5.32 Å². The van der Waals surface area contributed by atoms with Crippen LogP contribution in [0.25, 0.3) is 0 Å². The monoisotopic (exact) mass is 154 g/mol. The Morgan fingerprint density at radius 3 is 2.73 bits per heavy atom. The molecule has 0 amide bonds. The average molecular weight is 154 g/mol. The number of aromatic nitrogens is 1. The van der Waals surface area contributed by atoms with E-state index in [1.54, 1.807) is 0 Å². The van der Waals surface area contributed by atoms with Gasteiger partial charge in [-0.25, -0.2) is 0 Å². The smallest absolute Gasteiger partial charge is 0.215 e. The van der Waals surface area contributed by atoms with Crippen LogP contribution in [-0.4, -0.2) is 21.7 Å². The van der Waals surface area contributed by atoms with E-state index < -0.39 is 0 Å². The summed E-state index contributed by atoms with van der Waals surface area (Å²) in [5.74, 6) is 0.127. The number of nitrogens with one attached hydrogen (secondary N) is 2. The van der Waals surface area contributed by atoms with Gasteiger partial charge >= 0.3 is 0 Å². The molecule has 1 aromatic rings. The van der Waals surface area contributed by atoms with E-state index in [2.05, 4.69) is 10.3 Å². The normalized spacial score (nSPS) is 15.6. The molecule has 0 aliphatic carbocycles. The summed E-state index contributed by atoms with van der Waals surface area (Å²) >= 11 is 0. The molecule has 0 saturated heterocycles. The van der Waals surface area contributed by atoms with E-state index in [1.807, 2.05) is 0 Å². The maximum Gasteiger partial charge on any atom is 0.215 e. The summed E-state index contributed by atoms with van der Waals surface area (Å²) in [6, 6.07) is 0. The van der Waals surface area contributed by atoms with Crippen LogP contribution in [0.4, 0.5) is 5.69 Å². The highest BCUT2D eigenvalue weighted by Crippen LogP contribution is 2.36. The van der Waals surface area contributed by atoms with Crippen molar-refractivity contribution in [1.29, 1.82) is 0 Å². The largest absolute Gasteiger partial charge is 0.494 e. The van der Waals surface area contributed by atoms with Gasteiger partial charge in [0.2, 0.25) is 5.88 Å². The second-order valence-electron chi connectivity index (χ2n) is 2.71. The second-order valence-corrected chi connectivity index (χ2v) is 2.71. The van der Waals surface area contributed by atoms with Gasteiger partial charge in [0.05, 0.1) is 0 Å². The van der Waals surface area contributed by atoms with Crippen molar-refractivity contribution < 1.29 is 10.2 Å². The molecule has 4 N–H and O–H groups in total. The van der Waals surface area contributed by atoms with Crippen molar-refractivity contribution in [2.24, 2.45) is 0 Å². The molecule has 0 atom stereocenters. The van der Waals surface area contributed by atoms with E-state index >= 15 is 0 Å². The second kappa shape index (κ2) is 2.08. The first kappa shape index (κ1) is 6.39. The van der Waals surface area contributed by atoms with Crippen molar-refractivity contribution in [3.8, 4) is 11.8 Å². The molecule has 0 radical (unpaired) electrons. The summed E-state index contributed by atoms with van der Waals surface area (Å²) in [7, 11) is 0. The van der Waals surface area contributed by atoms with Gasteiger partial charge in [0.1, 0.15) is 5.69 Å². The zero-order valence-corrected chi connectivity index (χ0v) is 6.02. The molecule has 0 fully saturated rings. The maximum absolute atomic E-state index is 9.22. The first-order valence-corrected chi connectivity index (χ1v) is 3.65. The van der Waals surface area contributed by atoms with Crippen molar-refractivity contribution in [1.82, 2.24) is 4.98 Å². The summed E-state index contributed by atoms with van der Waals surface area (Å²) in [6.07, 6.45) is 1.82. The molecular weight excluding hydrogens is 144 g/mol. The molecule has 4 heteroatoms. The Morgan fingerprint density at radius 1 is 1.18 bits per heavy atom. The van der Waals surface area contributed by atoms with Gasteiger partial charge in [-0.2, -0.15) is 0 Å². The fourth-order valence-corrected chi connectivity index (χ4v) is 1.42. The van der Waals surface area contributed by atoms with Gasteiger partial charge in [-0.3, -0.25) is 4.98 Å². The lowest BCUT2D eigenvalue weighted by Gasteiger charge is -2.12. The lowest BCUT2D eigenvalue weighted by Crippen LogP contribution is -2.09. The summed E-state index contributed by atoms with van der Waals surface area (Å²) in [5.41, 5.74) is 1.46. The molecule has 1 aliphatic rings. The van der Waals surface area contributed by atoms with Gasteiger partial charge in [-0.05, 0) is 12.8 Å². The Kier molecular flexibility index (Phi) is 1.21. The predicted octanol–water partition coefficient (Wildman–Crippen LogP) is 0.784. The van der Waals surface area contributed by atoms with Crippen LogP contribution >= 0.6 is 0 Å². The molecule has 0 aromatic carbocycles. The fourth-order valence-electron chi connectivity index (χ4n) is 1.42. The molecule has 2 heterocycles. The Bertz CT molecular complexity index is 254. The van der Waals surface area contributed by atoms with Gasteiger partial charge in [0, 0.05) is 12.1 Å². The van der Waals surface area contributed by atoms with Crippen LogP contribution in [0.3, 0.4) is 0 Å². The molecule has 4 nitrogen and oxygen atoms in total. The molecule has 0 saturated carbocycles. The Morgan fingerprint density at radius 2 is 2.00 bits per heavy atom. The third-order valence-electron chi connectivity index (χ3n) is 1.97. The lowest BCUT2D eigenvalue weighted by atomic mass is 10.1. The third kappa shape index (κ3) is 0.824. The fraction of sp³-hybridized carbons (Fsp3) is 0.429. The minimum atomic E-state index is 0.0391. The van der Waals surface area contributed by atoms with E-state index in [1.165, 1.54) is 0 Å². The molecule has 11 heavy (non-hydrogen) atoms.